The van der Waals surface area contributed by atoms with Gasteiger partial charge in [0.25, 0.3) is 5.91 Å². The maximum atomic E-state index is 12.0. The summed E-state index contributed by atoms with van der Waals surface area (Å²) < 4.78 is 5.37. The summed E-state index contributed by atoms with van der Waals surface area (Å²) in [5, 5.41) is 6.01. The van der Waals surface area contributed by atoms with Crippen LogP contribution in [0.4, 0.5) is 5.82 Å². The lowest BCUT2D eigenvalue weighted by Crippen LogP contribution is -2.32. The van der Waals surface area contributed by atoms with Crippen molar-refractivity contribution in [3.05, 3.63) is 23.9 Å². The first kappa shape index (κ1) is 15.4. The zero-order valence-electron chi connectivity index (χ0n) is 11.9. The first-order valence-corrected chi connectivity index (χ1v) is 6.77. The molecule has 0 aliphatic heterocycles. The average Bonchev–Trinajstić information content (AvgIpc) is 2.43. The largest absolute Gasteiger partial charge is 0.377 e. The van der Waals surface area contributed by atoms with Gasteiger partial charge in [0.1, 0.15) is 5.82 Å². The van der Waals surface area contributed by atoms with Crippen molar-refractivity contribution in [1.29, 1.82) is 0 Å². The summed E-state index contributed by atoms with van der Waals surface area (Å²) in [5.74, 6) is 0.626. The molecule has 0 saturated carbocycles. The normalized spacial score (nSPS) is 11.9. The minimum absolute atomic E-state index is 0.0217. The van der Waals surface area contributed by atoms with Gasteiger partial charge in [-0.1, -0.05) is 6.92 Å². The van der Waals surface area contributed by atoms with Crippen molar-refractivity contribution in [3.8, 4) is 0 Å². The number of ether oxygens (including phenoxy) is 1. The molecule has 2 N–H and O–H groups in total. The molecule has 0 aromatic carbocycles. The quantitative estimate of drug-likeness (QED) is 0.755. The maximum absolute atomic E-state index is 12.0. The molecule has 0 aliphatic carbocycles. The standard InChI is InChI=1S/C14H23N3O2/c1-4-7-15-13-9-12(6-8-16-13)14(18)17-10-11(3)19-5-2/h6,8-9,11H,4-5,7,10H2,1-3H3,(H,15,16)(H,17,18). The fraction of sp³-hybridized carbons (Fsp3) is 0.571. The summed E-state index contributed by atoms with van der Waals surface area (Å²) in [7, 11) is 0. The molecule has 1 aromatic rings. The predicted octanol–water partition coefficient (Wildman–Crippen LogP) is 2.06. The Morgan fingerprint density at radius 1 is 1.47 bits per heavy atom. The summed E-state index contributed by atoms with van der Waals surface area (Å²) in [6.07, 6.45) is 2.68. The molecule has 1 amide bonds. The Morgan fingerprint density at radius 2 is 2.26 bits per heavy atom. The Labute approximate surface area is 114 Å². The van der Waals surface area contributed by atoms with Crippen molar-refractivity contribution in [3.63, 3.8) is 0 Å². The minimum Gasteiger partial charge on any atom is -0.377 e. The maximum Gasteiger partial charge on any atom is 0.251 e. The number of carbonyl (C=O) groups excluding carboxylic acids is 1. The minimum atomic E-state index is -0.103. The highest BCUT2D eigenvalue weighted by molar-refractivity contribution is 5.94. The van der Waals surface area contributed by atoms with Crippen LogP contribution in [0.2, 0.25) is 0 Å². The molecule has 0 fully saturated rings. The van der Waals surface area contributed by atoms with Crippen molar-refractivity contribution in [2.24, 2.45) is 0 Å². The number of anilines is 1. The molecule has 0 spiro atoms. The van der Waals surface area contributed by atoms with E-state index >= 15 is 0 Å². The highest BCUT2D eigenvalue weighted by Gasteiger charge is 2.08. The average molecular weight is 265 g/mol. The van der Waals surface area contributed by atoms with Crippen LogP contribution in [-0.2, 0) is 4.74 Å². The van der Waals surface area contributed by atoms with Gasteiger partial charge >= 0.3 is 0 Å². The molecule has 1 atom stereocenters. The van der Waals surface area contributed by atoms with Crippen molar-refractivity contribution in [2.45, 2.75) is 33.3 Å². The van der Waals surface area contributed by atoms with E-state index in [1.54, 1.807) is 18.3 Å². The van der Waals surface area contributed by atoms with Gasteiger partial charge in [0.05, 0.1) is 6.10 Å². The number of nitrogens with zero attached hydrogens (tertiary/aromatic N) is 1. The summed E-state index contributed by atoms with van der Waals surface area (Å²) in [6.45, 7) is 7.96. The smallest absolute Gasteiger partial charge is 0.251 e. The third-order valence-corrected chi connectivity index (χ3v) is 2.58. The van der Waals surface area contributed by atoms with Gasteiger partial charge in [-0.25, -0.2) is 4.98 Å². The van der Waals surface area contributed by atoms with Gasteiger partial charge in [-0.05, 0) is 32.4 Å². The third-order valence-electron chi connectivity index (χ3n) is 2.58. The molecular weight excluding hydrogens is 242 g/mol. The Kier molecular flexibility index (Phi) is 6.89. The van der Waals surface area contributed by atoms with Crippen LogP contribution in [0.1, 0.15) is 37.6 Å². The zero-order valence-corrected chi connectivity index (χ0v) is 11.9. The first-order chi connectivity index (χ1) is 9.17. The molecule has 5 nitrogen and oxygen atoms in total. The van der Waals surface area contributed by atoms with Crippen LogP contribution in [0.5, 0.6) is 0 Å². The van der Waals surface area contributed by atoms with Crippen LogP contribution in [0, 0.1) is 0 Å². The van der Waals surface area contributed by atoms with Crippen LogP contribution in [-0.4, -0.2) is 36.7 Å². The molecule has 1 aromatic heterocycles. The number of hydrogen-bond acceptors (Lipinski definition) is 4. The van der Waals surface area contributed by atoms with Gasteiger partial charge in [-0.15, -0.1) is 0 Å². The van der Waals surface area contributed by atoms with Crippen LogP contribution in [0.25, 0.3) is 0 Å². The second kappa shape index (κ2) is 8.48. The predicted molar refractivity (Wildman–Crippen MR) is 76.4 cm³/mol. The van der Waals surface area contributed by atoms with E-state index in [4.69, 9.17) is 4.74 Å². The molecule has 1 heterocycles. The van der Waals surface area contributed by atoms with E-state index in [1.807, 2.05) is 13.8 Å². The number of hydrogen-bond donors (Lipinski definition) is 2. The number of carbonyl (C=O) groups is 1. The first-order valence-electron chi connectivity index (χ1n) is 6.77. The number of rotatable bonds is 8. The second-order valence-electron chi connectivity index (χ2n) is 4.33. The van der Waals surface area contributed by atoms with Gasteiger partial charge in [0.2, 0.25) is 0 Å². The van der Waals surface area contributed by atoms with E-state index in [2.05, 4.69) is 22.5 Å². The van der Waals surface area contributed by atoms with Gasteiger partial charge in [0, 0.05) is 31.5 Å². The summed E-state index contributed by atoms with van der Waals surface area (Å²) in [4.78, 5) is 16.1. The fourth-order valence-electron chi connectivity index (χ4n) is 1.60. The lowest BCUT2D eigenvalue weighted by atomic mass is 10.2. The molecule has 0 aliphatic rings. The van der Waals surface area contributed by atoms with E-state index in [-0.39, 0.29) is 12.0 Å². The van der Waals surface area contributed by atoms with E-state index in [0.29, 0.717) is 18.7 Å². The summed E-state index contributed by atoms with van der Waals surface area (Å²) in [6, 6.07) is 3.47. The topological polar surface area (TPSA) is 63.2 Å². The number of pyridine rings is 1. The molecule has 19 heavy (non-hydrogen) atoms. The van der Waals surface area contributed by atoms with E-state index < -0.39 is 0 Å². The molecule has 0 radical (unpaired) electrons. The molecular formula is C14H23N3O2. The summed E-state index contributed by atoms with van der Waals surface area (Å²) in [5.41, 5.74) is 0.609. The van der Waals surface area contributed by atoms with Crippen LogP contribution >= 0.6 is 0 Å². The van der Waals surface area contributed by atoms with Crippen molar-refractivity contribution < 1.29 is 9.53 Å². The van der Waals surface area contributed by atoms with Crippen molar-refractivity contribution in [2.75, 3.05) is 25.0 Å². The Hall–Kier alpha value is -1.62. The van der Waals surface area contributed by atoms with E-state index in [9.17, 15) is 4.79 Å². The number of amides is 1. The molecule has 0 saturated heterocycles. The lowest BCUT2D eigenvalue weighted by Gasteiger charge is -2.13. The van der Waals surface area contributed by atoms with E-state index in [1.165, 1.54) is 0 Å². The fourth-order valence-corrected chi connectivity index (χ4v) is 1.60. The number of nitrogens with one attached hydrogen (secondary N) is 2. The number of aromatic nitrogens is 1. The van der Waals surface area contributed by atoms with Crippen molar-refractivity contribution >= 4 is 11.7 Å². The van der Waals surface area contributed by atoms with Crippen LogP contribution in [0.3, 0.4) is 0 Å². The van der Waals surface area contributed by atoms with Gasteiger partial charge in [-0.3, -0.25) is 4.79 Å². The Balaban J connectivity index is 2.51. The molecule has 1 rings (SSSR count). The SMILES string of the molecule is CCCNc1cc(C(=O)NCC(C)OCC)ccn1. The summed E-state index contributed by atoms with van der Waals surface area (Å²) >= 11 is 0. The Morgan fingerprint density at radius 3 is 2.95 bits per heavy atom. The van der Waals surface area contributed by atoms with Crippen LogP contribution < -0.4 is 10.6 Å². The highest BCUT2D eigenvalue weighted by atomic mass is 16.5. The second-order valence-corrected chi connectivity index (χ2v) is 4.33. The molecule has 5 heteroatoms. The van der Waals surface area contributed by atoms with Gasteiger partial charge in [0.15, 0.2) is 0 Å². The van der Waals surface area contributed by atoms with E-state index in [0.717, 1.165) is 18.8 Å². The highest BCUT2D eigenvalue weighted by Crippen LogP contribution is 2.06. The van der Waals surface area contributed by atoms with Gasteiger partial charge < -0.3 is 15.4 Å². The molecule has 0 bridgehead atoms. The third kappa shape index (κ3) is 5.70. The van der Waals surface area contributed by atoms with Crippen LogP contribution in [0.15, 0.2) is 18.3 Å². The van der Waals surface area contributed by atoms with Gasteiger partial charge in [-0.2, -0.15) is 0 Å². The molecule has 1 unspecified atom stereocenters. The lowest BCUT2D eigenvalue weighted by molar-refractivity contribution is 0.0695. The monoisotopic (exact) mass is 265 g/mol. The zero-order chi connectivity index (χ0) is 14.1. The molecule has 106 valence electrons. The Bertz CT molecular complexity index is 396. The van der Waals surface area contributed by atoms with Crippen molar-refractivity contribution in [1.82, 2.24) is 10.3 Å².